The summed E-state index contributed by atoms with van der Waals surface area (Å²) in [5.74, 6) is 0. The summed E-state index contributed by atoms with van der Waals surface area (Å²) < 4.78 is 42.2. The Kier molecular flexibility index (Phi) is 4.11. The average Bonchev–Trinajstić information content (AvgIpc) is 2.72. The minimum absolute atomic E-state index is 0.0247. The van der Waals surface area contributed by atoms with Crippen LogP contribution in [0.5, 0.6) is 0 Å². The van der Waals surface area contributed by atoms with E-state index in [-0.39, 0.29) is 13.2 Å². The highest BCUT2D eigenvalue weighted by molar-refractivity contribution is 5.83. The van der Waals surface area contributed by atoms with Gasteiger partial charge in [0.25, 0.3) is 0 Å². The molecule has 1 aromatic heterocycles. The fourth-order valence-electron chi connectivity index (χ4n) is 1.98. The zero-order valence-corrected chi connectivity index (χ0v) is 10.2. The Hall–Kier alpha value is -1.53. The number of rotatable bonds is 5. The first kappa shape index (κ1) is 13.9. The van der Waals surface area contributed by atoms with E-state index < -0.39 is 12.8 Å². The minimum Gasteiger partial charge on any atom is -0.392 e. The lowest BCUT2D eigenvalue weighted by atomic mass is 10.2. The molecule has 3 nitrogen and oxygen atoms in total. The van der Waals surface area contributed by atoms with E-state index in [1.807, 2.05) is 24.3 Å². The number of fused-ring (bicyclic) bond motifs is 1. The number of alkyl halides is 3. The lowest BCUT2D eigenvalue weighted by molar-refractivity contribution is -0.174. The highest BCUT2D eigenvalue weighted by atomic mass is 19.4. The molecule has 0 aliphatic rings. The number of hydrogen-bond donors (Lipinski definition) is 1. The number of benzene rings is 1. The number of aliphatic hydroxyl groups excluding tert-OH is 1. The Morgan fingerprint density at radius 3 is 2.63 bits per heavy atom. The van der Waals surface area contributed by atoms with Crippen LogP contribution in [0.4, 0.5) is 13.2 Å². The van der Waals surface area contributed by atoms with Crippen molar-refractivity contribution in [3.05, 3.63) is 36.0 Å². The third kappa shape index (κ3) is 3.48. The summed E-state index contributed by atoms with van der Waals surface area (Å²) in [6.07, 6.45) is -2.56. The topological polar surface area (TPSA) is 34.4 Å². The number of para-hydroxylation sites is 1. The van der Waals surface area contributed by atoms with Crippen molar-refractivity contribution in [2.45, 2.75) is 19.3 Å². The summed E-state index contributed by atoms with van der Waals surface area (Å²) in [6, 6.07) is 7.43. The molecule has 0 aliphatic carbocycles. The second-order valence-electron chi connectivity index (χ2n) is 4.19. The molecular weight excluding hydrogens is 259 g/mol. The van der Waals surface area contributed by atoms with Crippen LogP contribution >= 0.6 is 0 Å². The van der Waals surface area contributed by atoms with E-state index in [1.54, 1.807) is 10.8 Å². The van der Waals surface area contributed by atoms with Gasteiger partial charge in [0.1, 0.15) is 6.61 Å². The summed E-state index contributed by atoms with van der Waals surface area (Å²) in [5.41, 5.74) is 1.63. The van der Waals surface area contributed by atoms with Crippen molar-refractivity contribution in [3.63, 3.8) is 0 Å². The monoisotopic (exact) mass is 273 g/mol. The summed E-state index contributed by atoms with van der Waals surface area (Å²) in [5, 5.41) is 10.1. The van der Waals surface area contributed by atoms with E-state index in [0.29, 0.717) is 6.54 Å². The molecule has 0 saturated heterocycles. The lowest BCUT2D eigenvalue weighted by Gasteiger charge is -2.08. The van der Waals surface area contributed by atoms with Gasteiger partial charge in [-0.1, -0.05) is 18.2 Å². The van der Waals surface area contributed by atoms with Crippen LogP contribution in [0.1, 0.15) is 5.56 Å². The average molecular weight is 273 g/mol. The van der Waals surface area contributed by atoms with E-state index in [0.717, 1.165) is 16.5 Å². The Morgan fingerprint density at radius 1 is 1.21 bits per heavy atom. The number of aromatic nitrogens is 1. The minimum atomic E-state index is -4.30. The van der Waals surface area contributed by atoms with Gasteiger partial charge in [0.2, 0.25) is 0 Å². The van der Waals surface area contributed by atoms with Crippen LogP contribution in [-0.4, -0.2) is 29.1 Å². The number of ether oxygens (including phenoxy) is 1. The molecule has 1 heterocycles. The third-order valence-corrected chi connectivity index (χ3v) is 2.78. The molecule has 1 N–H and O–H groups in total. The zero-order chi connectivity index (χ0) is 13.9. The van der Waals surface area contributed by atoms with Gasteiger partial charge >= 0.3 is 6.18 Å². The smallest absolute Gasteiger partial charge is 0.392 e. The second-order valence-corrected chi connectivity index (χ2v) is 4.19. The fourth-order valence-corrected chi connectivity index (χ4v) is 1.98. The SMILES string of the molecule is OCc1cn(CCOCC(F)(F)F)c2ccccc12. The number of halogens is 3. The molecule has 2 aromatic rings. The van der Waals surface area contributed by atoms with Crippen LogP contribution in [0, 0.1) is 0 Å². The van der Waals surface area contributed by atoms with Crippen LogP contribution < -0.4 is 0 Å². The van der Waals surface area contributed by atoms with Crippen molar-refractivity contribution in [1.29, 1.82) is 0 Å². The number of nitrogens with zero attached hydrogens (tertiary/aromatic N) is 1. The molecule has 0 saturated carbocycles. The van der Waals surface area contributed by atoms with E-state index in [9.17, 15) is 18.3 Å². The molecule has 0 radical (unpaired) electrons. The van der Waals surface area contributed by atoms with Gasteiger partial charge in [0.15, 0.2) is 0 Å². The highest BCUT2D eigenvalue weighted by Crippen LogP contribution is 2.21. The van der Waals surface area contributed by atoms with Gasteiger partial charge in [0, 0.05) is 29.2 Å². The van der Waals surface area contributed by atoms with Gasteiger partial charge < -0.3 is 14.4 Å². The van der Waals surface area contributed by atoms with Gasteiger partial charge in [-0.15, -0.1) is 0 Å². The van der Waals surface area contributed by atoms with E-state index >= 15 is 0 Å². The van der Waals surface area contributed by atoms with Crippen molar-refractivity contribution in [2.24, 2.45) is 0 Å². The predicted octanol–water partition coefficient (Wildman–Crippen LogP) is 2.71. The number of aliphatic hydroxyl groups is 1. The summed E-state index contributed by atoms with van der Waals surface area (Å²) in [4.78, 5) is 0. The van der Waals surface area contributed by atoms with E-state index in [2.05, 4.69) is 4.74 Å². The quantitative estimate of drug-likeness (QED) is 0.850. The Balaban J connectivity index is 2.05. The van der Waals surface area contributed by atoms with Crippen molar-refractivity contribution < 1.29 is 23.0 Å². The zero-order valence-electron chi connectivity index (χ0n) is 10.2. The van der Waals surface area contributed by atoms with Crippen molar-refractivity contribution >= 4 is 10.9 Å². The number of hydrogen-bond acceptors (Lipinski definition) is 2. The first-order valence-corrected chi connectivity index (χ1v) is 5.83. The molecule has 6 heteroatoms. The fraction of sp³-hybridized carbons (Fsp3) is 0.385. The normalized spacial score (nSPS) is 12.2. The first-order valence-electron chi connectivity index (χ1n) is 5.83. The standard InChI is InChI=1S/C13H14F3NO2/c14-13(15,16)9-19-6-5-17-7-10(8-18)11-3-1-2-4-12(11)17/h1-4,7,18H,5-6,8-9H2. The van der Waals surface area contributed by atoms with Crippen molar-refractivity contribution in [3.8, 4) is 0 Å². The first-order chi connectivity index (χ1) is 9.01. The molecule has 0 fully saturated rings. The summed E-state index contributed by atoms with van der Waals surface area (Å²) in [7, 11) is 0. The Bertz CT molecular complexity index is 548. The van der Waals surface area contributed by atoms with Gasteiger partial charge in [-0.05, 0) is 6.07 Å². The maximum atomic E-state index is 11.9. The Labute approximate surface area is 108 Å². The van der Waals surface area contributed by atoms with Crippen LogP contribution in [-0.2, 0) is 17.9 Å². The maximum absolute atomic E-state index is 11.9. The molecule has 0 unspecified atom stereocenters. The largest absolute Gasteiger partial charge is 0.411 e. The van der Waals surface area contributed by atoms with Crippen LogP contribution in [0.15, 0.2) is 30.5 Å². The van der Waals surface area contributed by atoms with Crippen molar-refractivity contribution in [1.82, 2.24) is 4.57 Å². The molecule has 19 heavy (non-hydrogen) atoms. The highest BCUT2D eigenvalue weighted by Gasteiger charge is 2.27. The van der Waals surface area contributed by atoms with Crippen LogP contribution in [0.25, 0.3) is 10.9 Å². The van der Waals surface area contributed by atoms with Crippen LogP contribution in [0.3, 0.4) is 0 Å². The summed E-state index contributed by atoms with van der Waals surface area (Å²) >= 11 is 0. The molecule has 0 aliphatic heterocycles. The Morgan fingerprint density at radius 2 is 1.95 bits per heavy atom. The van der Waals surface area contributed by atoms with Gasteiger partial charge in [-0.3, -0.25) is 0 Å². The molecule has 0 bridgehead atoms. The third-order valence-electron chi connectivity index (χ3n) is 2.78. The summed E-state index contributed by atoms with van der Waals surface area (Å²) in [6.45, 7) is -1.05. The van der Waals surface area contributed by atoms with E-state index in [1.165, 1.54) is 0 Å². The molecular formula is C13H14F3NO2. The van der Waals surface area contributed by atoms with Gasteiger partial charge in [0.05, 0.1) is 13.2 Å². The van der Waals surface area contributed by atoms with Crippen molar-refractivity contribution in [2.75, 3.05) is 13.2 Å². The molecule has 0 spiro atoms. The molecule has 0 amide bonds. The lowest BCUT2D eigenvalue weighted by Crippen LogP contribution is -2.18. The van der Waals surface area contributed by atoms with Gasteiger partial charge in [-0.25, -0.2) is 0 Å². The van der Waals surface area contributed by atoms with Crippen LogP contribution in [0.2, 0.25) is 0 Å². The van der Waals surface area contributed by atoms with Gasteiger partial charge in [-0.2, -0.15) is 13.2 Å². The molecule has 0 atom stereocenters. The molecule has 2 rings (SSSR count). The van der Waals surface area contributed by atoms with E-state index in [4.69, 9.17) is 0 Å². The maximum Gasteiger partial charge on any atom is 0.411 e. The molecule has 104 valence electrons. The molecule has 1 aromatic carbocycles. The second kappa shape index (κ2) is 5.63. The predicted molar refractivity (Wildman–Crippen MR) is 64.7 cm³/mol.